The Bertz CT molecular complexity index is 1280. The van der Waals surface area contributed by atoms with E-state index in [1.54, 1.807) is 16.4 Å². The number of carbonyl (C=O) groups is 1. The van der Waals surface area contributed by atoms with Gasteiger partial charge in [-0.3, -0.25) is 4.79 Å². The van der Waals surface area contributed by atoms with Gasteiger partial charge in [0.1, 0.15) is 0 Å². The zero-order valence-corrected chi connectivity index (χ0v) is 18.1. The van der Waals surface area contributed by atoms with E-state index >= 15 is 0 Å². The number of sulfonamides is 1. The second-order valence-corrected chi connectivity index (χ2v) is 10.6. The summed E-state index contributed by atoms with van der Waals surface area (Å²) < 4.78 is 29.2. The number of piperidine rings is 1. The molecule has 3 aromatic carbocycles. The predicted molar refractivity (Wildman–Crippen MR) is 122 cm³/mol. The number of carbonyl (C=O) groups excluding carboxylic acids is 1. The quantitative estimate of drug-likeness (QED) is 0.599. The standard InChI is InChI=1S/C26H25NO3S/c28-23-13-15-26(18-20-7-2-1-3-8-20)19-27(16-14-22(26)17-23)31(29,30)25-12-6-10-21-9-4-5-11-24(21)25/h1-12,17H,13-16,18-19H2. The van der Waals surface area contributed by atoms with Crippen molar-refractivity contribution in [1.29, 1.82) is 0 Å². The molecular formula is C26H25NO3S. The second kappa shape index (κ2) is 7.74. The van der Waals surface area contributed by atoms with E-state index in [2.05, 4.69) is 12.1 Å². The Labute approximate surface area is 183 Å². The monoisotopic (exact) mass is 431 g/mol. The summed E-state index contributed by atoms with van der Waals surface area (Å²) in [6.45, 7) is 0.813. The van der Waals surface area contributed by atoms with Gasteiger partial charge in [-0.05, 0) is 42.4 Å². The lowest BCUT2D eigenvalue weighted by Crippen LogP contribution is -2.49. The highest BCUT2D eigenvalue weighted by Gasteiger charge is 2.45. The molecule has 2 aliphatic rings. The first-order valence-electron chi connectivity index (χ1n) is 10.7. The minimum Gasteiger partial charge on any atom is -0.295 e. The third-order valence-corrected chi connectivity index (χ3v) is 8.63. The van der Waals surface area contributed by atoms with Crippen LogP contribution in [0.25, 0.3) is 10.8 Å². The maximum Gasteiger partial charge on any atom is 0.243 e. The van der Waals surface area contributed by atoms with E-state index in [1.807, 2.05) is 54.6 Å². The van der Waals surface area contributed by atoms with Crippen LogP contribution in [0, 0.1) is 5.41 Å². The van der Waals surface area contributed by atoms with Crippen molar-refractivity contribution in [2.45, 2.75) is 30.6 Å². The molecule has 1 unspecified atom stereocenters. The summed E-state index contributed by atoms with van der Waals surface area (Å²) in [5.74, 6) is 0.157. The molecule has 1 aliphatic heterocycles. The number of fused-ring (bicyclic) bond motifs is 2. The third kappa shape index (κ3) is 3.62. The van der Waals surface area contributed by atoms with E-state index in [-0.39, 0.29) is 11.2 Å². The molecule has 0 amide bonds. The largest absolute Gasteiger partial charge is 0.295 e. The van der Waals surface area contributed by atoms with Gasteiger partial charge in [-0.25, -0.2) is 8.42 Å². The topological polar surface area (TPSA) is 54.5 Å². The molecule has 5 rings (SSSR count). The molecular weight excluding hydrogens is 406 g/mol. The summed E-state index contributed by atoms with van der Waals surface area (Å²) >= 11 is 0. The average Bonchev–Trinajstić information content (AvgIpc) is 2.79. The molecule has 5 heteroatoms. The maximum absolute atomic E-state index is 13.8. The van der Waals surface area contributed by atoms with Crippen LogP contribution in [-0.4, -0.2) is 31.6 Å². The molecule has 1 saturated heterocycles. The molecule has 0 aromatic heterocycles. The van der Waals surface area contributed by atoms with Gasteiger partial charge in [-0.1, -0.05) is 72.3 Å². The SMILES string of the molecule is O=C1C=C2CCN(S(=O)(=O)c3cccc4ccccc34)CC2(Cc2ccccc2)CC1. The number of allylic oxidation sites excluding steroid dienone is 1. The molecule has 158 valence electrons. The molecule has 1 heterocycles. The Kier molecular flexibility index (Phi) is 5.03. The van der Waals surface area contributed by atoms with E-state index in [0.717, 1.165) is 22.8 Å². The van der Waals surface area contributed by atoms with Crippen molar-refractivity contribution in [3.05, 3.63) is 90.0 Å². The molecule has 0 radical (unpaired) electrons. The van der Waals surface area contributed by atoms with Crippen molar-refractivity contribution in [2.75, 3.05) is 13.1 Å². The zero-order valence-electron chi connectivity index (χ0n) is 17.3. The first kappa shape index (κ1) is 20.2. The van der Waals surface area contributed by atoms with Crippen LogP contribution < -0.4 is 0 Å². The molecule has 1 fully saturated rings. The molecule has 0 spiro atoms. The number of nitrogens with zero attached hydrogens (tertiary/aromatic N) is 1. The lowest BCUT2D eigenvalue weighted by Gasteiger charge is -2.46. The van der Waals surface area contributed by atoms with Crippen LogP contribution in [0.15, 0.2) is 89.3 Å². The number of ketones is 1. The van der Waals surface area contributed by atoms with Gasteiger partial charge in [0.25, 0.3) is 0 Å². The Morgan fingerprint density at radius 3 is 2.45 bits per heavy atom. The normalized spacial score (nSPS) is 22.2. The number of benzene rings is 3. The highest BCUT2D eigenvalue weighted by Crippen LogP contribution is 2.46. The van der Waals surface area contributed by atoms with Crippen molar-refractivity contribution in [2.24, 2.45) is 5.41 Å². The number of hydrogen-bond donors (Lipinski definition) is 0. The first-order chi connectivity index (χ1) is 15.0. The minimum absolute atomic E-state index is 0.157. The molecule has 0 bridgehead atoms. The molecule has 31 heavy (non-hydrogen) atoms. The summed E-state index contributed by atoms with van der Waals surface area (Å²) in [5, 5.41) is 1.67. The van der Waals surface area contributed by atoms with Crippen LogP contribution in [0.2, 0.25) is 0 Å². The van der Waals surface area contributed by atoms with Gasteiger partial charge < -0.3 is 0 Å². The van der Waals surface area contributed by atoms with E-state index < -0.39 is 10.0 Å². The van der Waals surface area contributed by atoms with Crippen LogP contribution in [0.1, 0.15) is 24.8 Å². The van der Waals surface area contributed by atoms with E-state index in [0.29, 0.717) is 37.2 Å². The lowest BCUT2D eigenvalue weighted by atomic mass is 9.66. The van der Waals surface area contributed by atoms with Gasteiger partial charge in [0.05, 0.1) is 4.90 Å². The number of rotatable bonds is 4. The molecule has 1 aliphatic carbocycles. The fourth-order valence-electron chi connectivity index (χ4n) is 5.13. The first-order valence-corrected chi connectivity index (χ1v) is 12.2. The fourth-order valence-corrected chi connectivity index (χ4v) is 6.87. The van der Waals surface area contributed by atoms with Gasteiger partial charge >= 0.3 is 0 Å². The maximum atomic E-state index is 13.8. The lowest BCUT2D eigenvalue weighted by molar-refractivity contribution is -0.116. The van der Waals surface area contributed by atoms with Crippen LogP contribution in [0.3, 0.4) is 0 Å². The van der Waals surface area contributed by atoms with Crippen molar-refractivity contribution in [1.82, 2.24) is 4.31 Å². The summed E-state index contributed by atoms with van der Waals surface area (Å²) in [5.41, 5.74) is 1.95. The summed E-state index contributed by atoms with van der Waals surface area (Å²) in [4.78, 5) is 12.5. The van der Waals surface area contributed by atoms with Crippen molar-refractivity contribution < 1.29 is 13.2 Å². The van der Waals surface area contributed by atoms with Gasteiger partial charge in [0, 0.05) is 30.3 Å². The summed E-state index contributed by atoms with van der Waals surface area (Å²) in [6.07, 6.45) is 4.29. The van der Waals surface area contributed by atoms with Crippen LogP contribution >= 0.6 is 0 Å². The predicted octanol–water partition coefficient (Wildman–Crippen LogP) is 4.75. The minimum atomic E-state index is -3.66. The Morgan fingerprint density at radius 1 is 0.871 bits per heavy atom. The van der Waals surface area contributed by atoms with Crippen LogP contribution in [0.4, 0.5) is 0 Å². The Hall–Kier alpha value is -2.76. The molecule has 0 N–H and O–H groups in total. The van der Waals surface area contributed by atoms with Gasteiger partial charge in [-0.15, -0.1) is 0 Å². The highest BCUT2D eigenvalue weighted by atomic mass is 32.2. The van der Waals surface area contributed by atoms with Gasteiger partial charge in [0.2, 0.25) is 10.0 Å². The van der Waals surface area contributed by atoms with E-state index in [4.69, 9.17) is 0 Å². The van der Waals surface area contributed by atoms with Crippen molar-refractivity contribution in [3.63, 3.8) is 0 Å². The smallest absolute Gasteiger partial charge is 0.243 e. The second-order valence-electron chi connectivity index (χ2n) is 8.64. The average molecular weight is 432 g/mol. The van der Waals surface area contributed by atoms with Gasteiger partial charge in [-0.2, -0.15) is 4.31 Å². The van der Waals surface area contributed by atoms with Crippen molar-refractivity contribution >= 4 is 26.6 Å². The third-order valence-electron chi connectivity index (χ3n) is 6.73. The highest BCUT2D eigenvalue weighted by molar-refractivity contribution is 7.89. The Morgan fingerprint density at radius 2 is 1.61 bits per heavy atom. The zero-order chi connectivity index (χ0) is 21.5. The number of hydrogen-bond acceptors (Lipinski definition) is 3. The van der Waals surface area contributed by atoms with E-state index in [9.17, 15) is 13.2 Å². The van der Waals surface area contributed by atoms with E-state index in [1.165, 1.54) is 5.56 Å². The Balaban J connectivity index is 1.55. The summed E-state index contributed by atoms with van der Waals surface area (Å²) in [6, 6.07) is 23.2. The molecule has 0 saturated carbocycles. The van der Waals surface area contributed by atoms with Crippen LogP contribution in [0.5, 0.6) is 0 Å². The van der Waals surface area contributed by atoms with Gasteiger partial charge in [0.15, 0.2) is 5.78 Å². The fraction of sp³-hybridized carbons (Fsp3) is 0.269. The molecule has 4 nitrogen and oxygen atoms in total. The molecule has 3 aromatic rings. The van der Waals surface area contributed by atoms with Crippen LogP contribution in [-0.2, 0) is 21.2 Å². The molecule has 1 atom stereocenters. The van der Waals surface area contributed by atoms with Crippen molar-refractivity contribution in [3.8, 4) is 0 Å². The summed E-state index contributed by atoms with van der Waals surface area (Å²) in [7, 11) is -3.66.